The van der Waals surface area contributed by atoms with Crippen molar-refractivity contribution in [1.82, 2.24) is 10.2 Å². The second kappa shape index (κ2) is 13.5. The smallest absolute Gasteiger partial charge is 0.264 e. The number of anilines is 1. The first-order chi connectivity index (χ1) is 18.4. The molecule has 0 heterocycles. The van der Waals surface area contributed by atoms with Crippen molar-refractivity contribution in [1.29, 1.82) is 0 Å². The van der Waals surface area contributed by atoms with E-state index in [1.165, 1.54) is 23.1 Å². The van der Waals surface area contributed by atoms with E-state index in [2.05, 4.69) is 21.2 Å². The lowest BCUT2D eigenvalue weighted by molar-refractivity contribution is -0.139. The highest BCUT2D eigenvalue weighted by atomic mass is 79.9. The molecular formula is C29H33BrClN3O4S. The van der Waals surface area contributed by atoms with Gasteiger partial charge in [0.05, 0.1) is 10.6 Å². The van der Waals surface area contributed by atoms with Crippen molar-refractivity contribution in [2.24, 2.45) is 0 Å². The maximum absolute atomic E-state index is 13.9. The van der Waals surface area contributed by atoms with Gasteiger partial charge in [0.1, 0.15) is 12.6 Å². The molecule has 3 aromatic carbocycles. The van der Waals surface area contributed by atoms with Crippen LogP contribution >= 0.6 is 27.5 Å². The molecule has 39 heavy (non-hydrogen) atoms. The van der Waals surface area contributed by atoms with Crippen molar-refractivity contribution < 1.29 is 18.0 Å². The predicted molar refractivity (Wildman–Crippen MR) is 159 cm³/mol. The summed E-state index contributed by atoms with van der Waals surface area (Å²) in [5.74, 6) is -0.842. The molecule has 0 bridgehead atoms. The molecule has 7 nitrogen and oxygen atoms in total. The average Bonchev–Trinajstić information content (AvgIpc) is 2.90. The Hall–Kier alpha value is -2.88. The summed E-state index contributed by atoms with van der Waals surface area (Å²) in [6, 6.07) is 19.2. The highest BCUT2D eigenvalue weighted by Crippen LogP contribution is 2.27. The summed E-state index contributed by atoms with van der Waals surface area (Å²) in [4.78, 5) is 28.5. The number of sulfonamides is 1. The Kier molecular flexibility index (Phi) is 10.6. The lowest BCUT2D eigenvalue weighted by Crippen LogP contribution is -2.52. The van der Waals surface area contributed by atoms with Gasteiger partial charge in [0.15, 0.2) is 0 Å². The van der Waals surface area contributed by atoms with Gasteiger partial charge in [0.25, 0.3) is 10.0 Å². The van der Waals surface area contributed by atoms with Crippen LogP contribution in [0, 0.1) is 6.92 Å². The number of amides is 2. The molecule has 0 aliphatic rings. The summed E-state index contributed by atoms with van der Waals surface area (Å²) in [5, 5.41) is 3.25. The standard InChI is InChI=1S/C29H33BrClN3O4S/c1-5-21(3)32-29(36)22(4)33(18-23-11-13-24(30)14-12-23)28(35)19-34(26-8-6-7-25(31)17-26)39(37,38)27-15-9-20(2)10-16-27/h6-17,21-22H,5,18-19H2,1-4H3,(H,32,36)/t21-,22-/m1/s1. The lowest BCUT2D eigenvalue weighted by Gasteiger charge is -2.32. The molecule has 0 aliphatic heterocycles. The van der Waals surface area contributed by atoms with E-state index in [9.17, 15) is 18.0 Å². The van der Waals surface area contributed by atoms with Gasteiger partial charge in [-0.3, -0.25) is 13.9 Å². The monoisotopic (exact) mass is 633 g/mol. The molecule has 10 heteroatoms. The van der Waals surface area contributed by atoms with Gasteiger partial charge in [-0.1, -0.05) is 70.3 Å². The van der Waals surface area contributed by atoms with Gasteiger partial charge in [0.2, 0.25) is 11.8 Å². The molecule has 0 fully saturated rings. The molecule has 0 saturated carbocycles. The first-order valence-corrected chi connectivity index (χ1v) is 15.2. The maximum Gasteiger partial charge on any atom is 0.264 e. The van der Waals surface area contributed by atoms with Crippen LogP contribution in [0.25, 0.3) is 0 Å². The summed E-state index contributed by atoms with van der Waals surface area (Å²) < 4.78 is 29.6. The predicted octanol–water partition coefficient (Wildman–Crippen LogP) is 5.94. The first kappa shape index (κ1) is 30.7. The number of rotatable bonds is 11. The van der Waals surface area contributed by atoms with E-state index in [4.69, 9.17) is 11.6 Å². The van der Waals surface area contributed by atoms with Gasteiger partial charge in [0, 0.05) is 22.1 Å². The largest absolute Gasteiger partial charge is 0.352 e. The van der Waals surface area contributed by atoms with Gasteiger partial charge < -0.3 is 10.2 Å². The molecule has 0 saturated heterocycles. The molecule has 2 atom stereocenters. The number of halogens is 2. The van der Waals surface area contributed by atoms with Gasteiger partial charge in [-0.2, -0.15) is 0 Å². The number of hydrogen-bond acceptors (Lipinski definition) is 4. The molecule has 1 N–H and O–H groups in total. The number of nitrogens with one attached hydrogen (secondary N) is 1. The summed E-state index contributed by atoms with van der Waals surface area (Å²) in [6.07, 6.45) is 0.733. The quantitative estimate of drug-likeness (QED) is 0.283. The molecule has 0 radical (unpaired) electrons. The van der Waals surface area contributed by atoms with E-state index in [1.807, 2.05) is 45.0 Å². The van der Waals surface area contributed by atoms with E-state index in [1.54, 1.807) is 37.3 Å². The second-order valence-corrected chi connectivity index (χ2v) is 12.7. The zero-order chi connectivity index (χ0) is 28.7. The molecule has 0 aromatic heterocycles. The Balaban J connectivity index is 2.02. The van der Waals surface area contributed by atoms with Gasteiger partial charge in [-0.05, 0) is 75.2 Å². The minimum atomic E-state index is -4.14. The van der Waals surface area contributed by atoms with E-state index < -0.39 is 28.5 Å². The zero-order valence-corrected chi connectivity index (χ0v) is 25.6. The zero-order valence-electron chi connectivity index (χ0n) is 22.4. The van der Waals surface area contributed by atoms with Crippen molar-refractivity contribution >= 4 is 55.1 Å². The van der Waals surface area contributed by atoms with E-state index in [0.29, 0.717) is 5.02 Å². The van der Waals surface area contributed by atoms with Crippen LogP contribution in [0.5, 0.6) is 0 Å². The van der Waals surface area contributed by atoms with Crippen molar-refractivity contribution in [3.05, 3.63) is 93.4 Å². The highest BCUT2D eigenvalue weighted by molar-refractivity contribution is 9.10. The summed E-state index contributed by atoms with van der Waals surface area (Å²) in [6.45, 7) is 6.95. The van der Waals surface area contributed by atoms with Crippen LogP contribution < -0.4 is 9.62 Å². The minimum absolute atomic E-state index is 0.0443. The summed E-state index contributed by atoms with van der Waals surface area (Å²) in [5.41, 5.74) is 1.95. The SMILES string of the molecule is CC[C@@H](C)NC(=O)[C@@H](C)N(Cc1ccc(Br)cc1)C(=O)CN(c1cccc(Cl)c1)S(=O)(=O)c1ccc(C)cc1. The van der Waals surface area contributed by atoms with Crippen LogP contribution in [0.2, 0.25) is 5.02 Å². The minimum Gasteiger partial charge on any atom is -0.352 e. The third kappa shape index (κ3) is 8.06. The third-order valence-corrected chi connectivity index (χ3v) is 8.97. The summed E-state index contributed by atoms with van der Waals surface area (Å²) in [7, 11) is -4.14. The molecule has 2 amide bonds. The van der Waals surface area contributed by atoms with Gasteiger partial charge in [-0.25, -0.2) is 8.42 Å². The fraction of sp³-hybridized carbons (Fsp3) is 0.310. The van der Waals surface area contributed by atoms with Crippen LogP contribution in [-0.4, -0.2) is 43.8 Å². The Bertz CT molecular complexity index is 1400. The Morgan fingerprint density at radius 2 is 1.64 bits per heavy atom. The second-order valence-electron chi connectivity index (χ2n) is 9.45. The number of hydrogen-bond donors (Lipinski definition) is 1. The van der Waals surface area contributed by atoms with E-state index in [0.717, 1.165) is 26.3 Å². The Labute approximate surface area is 244 Å². The molecule has 208 valence electrons. The summed E-state index contributed by atoms with van der Waals surface area (Å²) >= 11 is 9.62. The van der Waals surface area contributed by atoms with Crippen LogP contribution in [-0.2, 0) is 26.2 Å². The number of nitrogens with zero attached hydrogens (tertiary/aromatic N) is 2. The van der Waals surface area contributed by atoms with Crippen LogP contribution in [0.3, 0.4) is 0 Å². The molecule has 3 rings (SSSR count). The normalized spacial score (nSPS) is 12.9. The van der Waals surface area contributed by atoms with Crippen molar-refractivity contribution in [3.63, 3.8) is 0 Å². The number of aryl methyl sites for hydroxylation is 1. The molecule has 0 aliphatic carbocycles. The van der Waals surface area contributed by atoms with E-state index >= 15 is 0 Å². The molecule has 0 unspecified atom stereocenters. The van der Waals surface area contributed by atoms with Gasteiger partial charge in [-0.15, -0.1) is 0 Å². The fourth-order valence-electron chi connectivity index (χ4n) is 3.83. The van der Waals surface area contributed by atoms with Crippen LogP contribution in [0.4, 0.5) is 5.69 Å². The average molecular weight is 635 g/mol. The first-order valence-electron chi connectivity index (χ1n) is 12.6. The molecule has 0 spiro atoms. The highest BCUT2D eigenvalue weighted by Gasteiger charge is 2.32. The Morgan fingerprint density at radius 1 is 1.00 bits per heavy atom. The lowest BCUT2D eigenvalue weighted by atomic mass is 10.1. The van der Waals surface area contributed by atoms with E-state index in [-0.39, 0.29) is 29.1 Å². The van der Waals surface area contributed by atoms with Crippen molar-refractivity contribution in [3.8, 4) is 0 Å². The van der Waals surface area contributed by atoms with Crippen LogP contribution in [0.15, 0.2) is 82.2 Å². The maximum atomic E-state index is 13.9. The number of benzene rings is 3. The molecule has 3 aromatic rings. The topological polar surface area (TPSA) is 86.8 Å². The number of carbonyl (C=O) groups excluding carboxylic acids is 2. The number of carbonyl (C=O) groups is 2. The third-order valence-electron chi connectivity index (χ3n) is 6.42. The fourth-order valence-corrected chi connectivity index (χ4v) is 5.69. The van der Waals surface area contributed by atoms with Crippen molar-refractivity contribution in [2.75, 3.05) is 10.8 Å². The van der Waals surface area contributed by atoms with Crippen LogP contribution in [0.1, 0.15) is 38.3 Å². The Morgan fingerprint density at radius 3 is 2.23 bits per heavy atom. The molecular weight excluding hydrogens is 602 g/mol. The van der Waals surface area contributed by atoms with Gasteiger partial charge >= 0.3 is 0 Å². The van der Waals surface area contributed by atoms with Crippen molar-refractivity contribution in [2.45, 2.75) is 57.6 Å².